The van der Waals surface area contributed by atoms with Crippen molar-refractivity contribution >= 4 is 10.2 Å². The molecule has 0 aromatic carbocycles. The van der Waals surface area contributed by atoms with Crippen molar-refractivity contribution in [2.24, 2.45) is 0 Å². The van der Waals surface area contributed by atoms with Crippen molar-refractivity contribution < 1.29 is 8.42 Å². The zero-order valence-corrected chi connectivity index (χ0v) is 13.2. The lowest BCUT2D eigenvalue weighted by atomic mass is 10.3. The molecule has 1 atom stereocenters. The second kappa shape index (κ2) is 8.16. The van der Waals surface area contributed by atoms with E-state index in [1.54, 1.807) is 7.05 Å². The Balaban J connectivity index is 2.32. The van der Waals surface area contributed by atoms with Crippen molar-refractivity contribution in [3.8, 4) is 0 Å². The zero-order chi connectivity index (χ0) is 14.3. The SMILES string of the molecule is CNCCCN(C)S(=O)(=O)NCC(C)N1CCCC1. The molecule has 1 fully saturated rings. The quantitative estimate of drug-likeness (QED) is 0.580. The molecular weight excluding hydrogens is 264 g/mol. The highest BCUT2D eigenvalue weighted by atomic mass is 32.2. The van der Waals surface area contributed by atoms with Gasteiger partial charge in [-0.05, 0) is 52.9 Å². The fourth-order valence-corrected chi connectivity index (χ4v) is 3.29. The maximum Gasteiger partial charge on any atom is 0.279 e. The molecule has 6 nitrogen and oxygen atoms in total. The van der Waals surface area contributed by atoms with E-state index in [1.807, 2.05) is 7.05 Å². The van der Waals surface area contributed by atoms with E-state index in [2.05, 4.69) is 21.9 Å². The maximum atomic E-state index is 12.0. The highest BCUT2D eigenvalue weighted by molar-refractivity contribution is 7.87. The first-order valence-corrected chi connectivity index (χ1v) is 8.51. The van der Waals surface area contributed by atoms with Crippen LogP contribution in [0.25, 0.3) is 0 Å². The van der Waals surface area contributed by atoms with Crippen LogP contribution in [-0.4, -0.2) is 70.5 Å². The standard InChI is InChI=1S/C12H28N4O2S/c1-12(16-9-4-5-10-16)11-14-19(17,18)15(3)8-6-7-13-2/h12-14H,4-11H2,1-3H3. The lowest BCUT2D eigenvalue weighted by Gasteiger charge is -2.25. The largest absolute Gasteiger partial charge is 0.320 e. The number of hydrogen-bond donors (Lipinski definition) is 2. The Hall–Kier alpha value is -0.210. The molecule has 7 heteroatoms. The van der Waals surface area contributed by atoms with E-state index in [4.69, 9.17) is 0 Å². The van der Waals surface area contributed by atoms with Crippen LogP contribution < -0.4 is 10.0 Å². The number of nitrogens with one attached hydrogen (secondary N) is 2. The van der Waals surface area contributed by atoms with E-state index in [0.29, 0.717) is 13.1 Å². The number of hydrogen-bond acceptors (Lipinski definition) is 4. The molecule has 1 aliphatic heterocycles. The summed E-state index contributed by atoms with van der Waals surface area (Å²) in [5.74, 6) is 0. The molecule has 19 heavy (non-hydrogen) atoms. The fraction of sp³-hybridized carbons (Fsp3) is 1.00. The van der Waals surface area contributed by atoms with E-state index in [9.17, 15) is 8.42 Å². The predicted molar refractivity (Wildman–Crippen MR) is 78.4 cm³/mol. The molecule has 1 aliphatic rings. The van der Waals surface area contributed by atoms with Gasteiger partial charge in [-0.1, -0.05) is 0 Å². The normalized spacial score (nSPS) is 19.2. The Morgan fingerprint density at radius 1 is 1.32 bits per heavy atom. The molecule has 1 saturated heterocycles. The van der Waals surface area contributed by atoms with Crippen molar-refractivity contribution in [2.45, 2.75) is 32.2 Å². The Morgan fingerprint density at radius 3 is 2.53 bits per heavy atom. The van der Waals surface area contributed by atoms with Crippen LogP contribution in [0.1, 0.15) is 26.2 Å². The van der Waals surface area contributed by atoms with Crippen molar-refractivity contribution in [3.63, 3.8) is 0 Å². The minimum Gasteiger partial charge on any atom is -0.320 e. The summed E-state index contributed by atoms with van der Waals surface area (Å²) in [5.41, 5.74) is 0. The van der Waals surface area contributed by atoms with Gasteiger partial charge in [0.15, 0.2) is 0 Å². The Labute approximate surface area is 117 Å². The van der Waals surface area contributed by atoms with Crippen LogP contribution in [0.5, 0.6) is 0 Å². The van der Waals surface area contributed by atoms with Gasteiger partial charge in [-0.3, -0.25) is 4.90 Å². The van der Waals surface area contributed by atoms with Crippen molar-refractivity contribution in [2.75, 3.05) is 46.8 Å². The molecule has 0 spiro atoms. The van der Waals surface area contributed by atoms with Gasteiger partial charge in [0.2, 0.25) is 0 Å². The summed E-state index contributed by atoms with van der Waals surface area (Å²) in [6.07, 6.45) is 3.26. The molecule has 0 radical (unpaired) electrons. The number of rotatable bonds is 9. The third-order valence-corrected chi connectivity index (χ3v) is 5.17. The van der Waals surface area contributed by atoms with E-state index in [0.717, 1.165) is 26.1 Å². The molecule has 0 aromatic heterocycles. The first kappa shape index (κ1) is 16.8. The summed E-state index contributed by atoms with van der Waals surface area (Å²) in [5, 5.41) is 3.01. The summed E-state index contributed by atoms with van der Waals surface area (Å²) in [4.78, 5) is 2.34. The molecule has 1 unspecified atom stereocenters. The van der Waals surface area contributed by atoms with Gasteiger partial charge < -0.3 is 5.32 Å². The lowest BCUT2D eigenvalue weighted by Crippen LogP contribution is -2.45. The van der Waals surface area contributed by atoms with E-state index < -0.39 is 10.2 Å². The summed E-state index contributed by atoms with van der Waals surface area (Å²) < 4.78 is 28.1. The molecule has 1 heterocycles. The molecule has 1 rings (SSSR count). The average Bonchev–Trinajstić information content (AvgIpc) is 2.90. The second-order valence-corrected chi connectivity index (χ2v) is 7.09. The highest BCUT2D eigenvalue weighted by Crippen LogP contribution is 2.11. The molecular formula is C12H28N4O2S. The first-order valence-electron chi connectivity index (χ1n) is 7.07. The van der Waals surface area contributed by atoms with Gasteiger partial charge in [-0.2, -0.15) is 12.7 Å². The Kier molecular flexibility index (Phi) is 7.23. The van der Waals surface area contributed by atoms with Crippen LogP contribution in [-0.2, 0) is 10.2 Å². The maximum absolute atomic E-state index is 12.0. The average molecular weight is 292 g/mol. The van der Waals surface area contributed by atoms with Gasteiger partial charge >= 0.3 is 0 Å². The van der Waals surface area contributed by atoms with E-state index >= 15 is 0 Å². The van der Waals surface area contributed by atoms with Crippen molar-refractivity contribution in [1.29, 1.82) is 0 Å². The smallest absolute Gasteiger partial charge is 0.279 e. The van der Waals surface area contributed by atoms with Crippen LogP contribution in [0.15, 0.2) is 0 Å². The fourth-order valence-electron chi connectivity index (χ4n) is 2.25. The molecule has 0 saturated carbocycles. The van der Waals surface area contributed by atoms with Gasteiger partial charge in [0.1, 0.15) is 0 Å². The van der Waals surface area contributed by atoms with Crippen LogP contribution in [0.2, 0.25) is 0 Å². The number of nitrogens with zero attached hydrogens (tertiary/aromatic N) is 2. The third kappa shape index (κ3) is 5.74. The molecule has 0 aliphatic carbocycles. The molecule has 0 bridgehead atoms. The first-order chi connectivity index (χ1) is 8.97. The van der Waals surface area contributed by atoms with Crippen LogP contribution in [0.3, 0.4) is 0 Å². The van der Waals surface area contributed by atoms with Crippen LogP contribution >= 0.6 is 0 Å². The minimum absolute atomic E-state index is 0.267. The summed E-state index contributed by atoms with van der Waals surface area (Å²) in [6.45, 7) is 6.09. The van der Waals surface area contributed by atoms with E-state index in [-0.39, 0.29) is 6.04 Å². The summed E-state index contributed by atoms with van der Waals surface area (Å²) in [7, 11) is 0.153. The molecule has 0 amide bonds. The lowest BCUT2D eigenvalue weighted by molar-refractivity contribution is 0.258. The van der Waals surface area contributed by atoms with Gasteiger partial charge in [0, 0.05) is 26.2 Å². The topological polar surface area (TPSA) is 64.7 Å². The highest BCUT2D eigenvalue weighted by Gasteiger charge is 2.22. The van der Waals surface area contributed by atoms with Crippen LogP contribution in [0.4, 0.5) is 0 Å². The van der Waals surface area contributed by atoms with E-state index in [1.165, 1.54) is 17.1 Å². The Bertz CT molecular complexity index is 342. The van der Waals surface area contributed by atoms with Gasteiger partial charge in [-0.25, -0.2) is 4.72 Å². The zero-order valence-electron chi connectivity index (χ0n) is 12.4. The molecule has 0 aromatic rings. The van der Waals surface area contributed by atoms with Gasteiger partial charge in [0.05, 0.1) is 0 Å². The van der Waals surface area contributed by atoms with Gasteiger partial charge in [-0.15, -0.1) is 0 Å². The summed E-state index contributed by atoms with van der Waals surface area (Å²) >= 11 is 0. The minimum atomic E-state index is -3.34. The Morgan fingerprint density at radius 2 is 1.95 bits per heavy atom. The predicted octanol–water partition coefficient (Wildman–Crippen LogP) is -0.154. The molecule has 114 valence electrons. The third-order valence-electron chi connectivity index (χ3n) is 3.64. The van der Waals surface area contributed by atoms with Crippen molar-refractivity contribution in [1.82, 2.24) is 19.2 Å². The monoisotopic (exact) mass is 292 g/mol. The second-order valence-electron chi connectivity index (χ2n) is 5.22. The van der Waals surface area contributed by atoms with Crippen LogP contribution in [0, 0.1) is 0 Å². The summed E-state index contributed by atoms with van der Waals surface area (Å²) in [6, 6.07) is 0.267. The van der Waals surface area contributed by atoms with Crippen molar-refractivity contribution in [3.05, 3.63) is 0 Å². The number of likely N-dealkylation sites (tertiary alicyclic amines) is 1. The molecule has 2 N–H and O–H groups in total. The van der Waals surface area contributed by atoms with Gasteiger partial charge in [0.25, 0.3) is 10.2 Å².